The highest BCUT2D eigenvalue weighted by molar-refractivity contribution is 6.16. The van der Waals surface area contributed by atoms with Crippen molar-refractivity contribution in [3.05, 3.63) is 29.8 Å². The van der Waals surface area contributed by atoms with Crippen LogP contribution in [-0.4, -0.2) is 36.1 Å². The van der Waals surface area contributed by atoms with Gasteiger partial charge in [0.05, 0.1) is 12.1 Å². The van der Waals surface area contributed by atoms with Crippen LogP contribution in [0.2, 0.25) is 0 Å². The van der Waals surface area contributed by atoms with Crippen LogP contribution in [-0.2, 0) is 19.1 Å². The summed E-state index contributed by atoms with van der Waals surface area (Å²) in [5, 5.41) is 8.76. The van der Waals surface area contributed by atoms with Crippen molar-refractivity contribution in [2.75, 3.05) is 18.1 Å². The number of aliphatic carboxylic acids is 1. The lowest BCUT2D eigenvalue weighted by molar-refractivity contribution is -0.139. The normalized spacial score (nSPS) is 17.1. The zero-order valence-electron chi connectivity index (χ0n) is 11.0. The predicted octanol–water partition coefficient (Wildman–Crippen LogP) is 1.15. The monoisotopic (exact) mass is 277 g/mol. The minimum Gasteiger partial charge on any atom is -0.481 e. The first-order valence-corrected chi connectivity index (χ1v) is 6.24. The van der Waals surface area contributed by atoms with Gasteiger partial charge in [0.25, 0.3) is 11.8 Å². The van der Waals surface area contributed by atoms with Crippen LogP contribution in [0, 0.1) is 0 Å². The molecule has 1 aliphatic heterocycles. The number of hydrogen-bond donors (Lipinski definition) is 1. The molecule has 1 fully saturated rings. The van der Waals surface area contributed by atoms with Gasteiger partial charge in [0.1, 0.15) is 13.2 Å². The third-order valence-corrected chi connectivity index (χ3v) is 3.15. The Bertz CT molecular complexity index is 521. The number of carboxylic acids is 1. The molecule has 0 saturated carbocycles. The molecule has 2 amide bonds. The van der Waals surface area contributed by atoms with E-state index in [1.807, 2.05) is 6.92 Å². The molecule has 0 radical (unpaired) electrons. The van der Waals surface area contributed by atoms with Crippen molar-refractivity contribution in [2.24, 2.45) is 0 Å². The van der Waals surface area contributed by atoms with E-state index in [9.17, 15) is 14.4 Å². The summed E-state index contributed by atoms with van der Waals surface area (Å²) in [6.45, 7) is 1.60. The summed E-state index contributed by atoms with van der Waals surface area (Å²) < 4.78 is 4.85. The fourth-order valence-corrected chi connectivity index (χ4v) is 2.11. The molecule has 1 atom stereocenters. The molecule has 106 valence electrons. The van der Waals surface area contributed by atoms with Crippen LogP contribution in [0.25, 0.3) is 0 Å². The summed E-state index contributed by atoms with van der Waals surface area (Å²) in [5.41, 5.74) is 1.33. The molecule has 0 aromatic heterocycles. The molecule has 0 spiro atoms. The summed E-state index contributed by atoms with van der Waals surface area (Å²) in [7, 11) is 0. The predicted molar refractivity (Wildman–Crippen MR) is 70.4 cm³/mol. The van der Waals surface area contributed by atoms with Crippen LogP contribution in [0.3, 0.4) is 0 Å². The van der Waals surface area contributed by atoms with Gasteiger partial charge in [-0.25, -0.2) is 4.90 Å². The van der Waals surface area contributed by atoms with Gasteiger partial charge in [-0.3, -0.25) is 14.4 Å². The summed E-state index contributed by atoms with van der Waals surface area (Å²) in [6.07, 6.45) is 0.0365. The van der Waals surface area contributed by atoms with Crippen molar-refractivity contribution in [3.8, 4) is 0 Å². The van der Waals surface area contributed by atoms with Gasteiger partial charge < -0.3 is 9.84 Å². The topological polar surface area (TPSA) is 83.9 Å². The largest absolute Gasteiger partial charge is 0.481 e. The zero-order valence-corrected chi connectivity index (χ0v) is 11.0. The van der Waals surface area contributed by atoms with Crippen LogP contribution in [0.15, 0.2) is 24.3 Å². The summed E-state index contributed by atoms with van der Waals surface area (Å²) in [6, 6.07) is 6.77. The number of carbonyl (C=O) groups is 3. The van der Waals surface area contributed by atoms with Gasteiger partial charge in [0, 0.05) is 0 Å². The Morgan fingerprint density at radius 3 is 2.30 bits per heavy atom. The first kappa shape index (κ1) is 14.2. The van der Waals surface area contributed by atoms with Gasteiger partial charge in [-0.1, -0.05) is 19.1 Å². The number of benzene rings is 1. The molecule has 1 heterocycles. The van der Waals surface area contributed by atoms with Crippen LogP contribution in [0.4, 0.5) is 5.69 Å². The first-order chi connectivity index (χ1) is 9.49. The van der Waals surface area contributed by atoms with E-state index in [1.165, 1.54) is 0 Å². The van der Waals surface area contributed by atoms with E-state index in [2.05, 4.69) is 0 Å². The Morgan fingerprint density at radius 1 is 1.25 bits per heavy atom. The maximum absolute atomic E-state index is 11.7. The fraction of sp³-hybridized carbons (Fsp3) is 0.357. The molecule has 0 aliphatic carbocycles. The van der Waals surface area contributed by atoms with E-state index in [4.69, 9.17) is 9.84 Å². The molecule has 1 N–H and O–H groups in total. The number of carbonyl (C=O) groups excluding carboxylic acids is 2. The number of imide groups is 1. The van der Waals surface area contributed by atoms with Gasteiger partial charge >= 0.3 is 5.97 Å². The molecule has 6 nitrogen and oxygen atoms in total. The van der Waals surface area contributed by atoms with Crippen molar-refractivity contribution in [1.29, 1.82) is 0 Å². The van der Waals surface area contributed by atoms with Gasteiger partial charge in [-0.15, -0.1) is 0 Å². The maximum atomic E-state index is 11.7. The van der Waals surface area contributed by atoms with E-state index in [0.717, 1.165) is 10.5 Å². The number of morpholine rings is 1. The lowest BCUT2D eigenvalue weighted by Crippen LogP contribution is -2.46. The Morgan fingerprint density at radius 2 is 1.80 bits per heavy atom. The second-order valence-electron chi connectivity index (χ2n) is 4.71. The molecule has 0 bridgehead atoms. The van der Waals surface area contributed by atoms with E-state index < -0.39 is 17.8 Å². The van der Waals surface area contributed by atoms with Gasteiger partial charge in [-0.05, 0) is 23.6 Å². The molecule has 20 heavy (non-hydrogen) atoms. The van der Waals surface area contributed by atoms with Gasteiger partial charge in [0.15, 0.2) is 0 Å². The molecule has 1 aromatic rings. The van der Waals surface area contributed by atoms with Crippen molar-refractivity contribution in [2.45, 2.75) is 19.3 Å². The molecule has 1 aliphatic rings. The number of anilines is 1. The smallest absolute Gasteiger partial charge is 0.303 e. The summed E-state index contributed by atoms with van der Waals surface area (Å²) >= 11 is 0. The standard InChI is InChI=1S/C14H15NO5/c1-9(6-14(18)19)10-2-4-11(5-3-10)15-12(16)7-20-8-13(15)17/h2-5,9H,6-8H2,1H3,(H,18,19). The van der Waals surface area contributed by atoms with E-state index in [-0.39, 0.29) is 25.6 Å². The third-order valence-electron chi connectivity index (χ3n) is 3.15. The Kier molecular flexibility index (Phi) is 4.14. The third kappa shape index (κ3) is 3.03. The van der Waals surface area contributed by atoms with Crippen LogP contribution < -0.4 is 4.90 Å². The zero-order chi connectivity index (χ0) is 14.7. The fourth-order valence-electron chi connectivity index (χ4n) is 2.11. The number of rotatable bonds is 4. The molecule has 1 saturated heterocycles. The molecule has 1 aromatic carbocycles. The van der Waals surface area contributed by atoms with Crippen molar-refractivity contribution in [3.63, 3.8) is 0 Å². The first-order valence-electron chi connectivity index (χ1n) is 6.24. The van der Waals surface area contributed by atoms with Crippen LogP contribution in [0.1, 0.15) is 24.8 Å². The second kappa shape index (κ2) is 5.83. The van der Waals surface area contributed by atoms with Gasteiger partial charge in [-0.2, -0.15) is 0 Å². The van der Waals surface area contributed by atoms with Crippen molar-refractivity contribution < 1.29 is 24.2 Å². The number of carboxylic acid groups (broad SMARTS) is 1. The molecule has 2 rings (SSSR count). The summed E-state index contributed by atoms with van der Waals surface area (Å²) in [5.74, 6) is -1.78. The van der Waals surface area contributed by atoms with E-state index in [1.54, 1.807) is 24.3 Å². The van der Waals surface area contributed by atoms with Crippen LogP contribution >= 0.6 is 0 Å². The number of hydrogen-bond acceptors (Lipinski definition) is 4. The Balaban J connectivity index is 2.17. The Labute approximate surface area is 115 Å². The van der Waals surface area contributed by atoms with Crippen molar-refractivity contribution in [1.82, 2.24) is 0 Å². The molecular weight excluding hydrogens is 262 g/mol. The average molecular weight is 277 g/mol. The molecule has 6 heteroatoms. The highest BCUT2D eigenvalue weighted by Crippen LogP contribution is 2.23. The number of ether oxygens (including phenoxy) is 1. The van der Waals surface area contributed by atoms with Crippen molar-refractivity contribution >= 4 is 23.5 Å². The highest BCUT2D eigenvalue weighted by Gasteiger charge is 2.28. The SMILES string of the molecule is CC(CC(=O)O)c1ccc(N2C(=O)COCC2=O)cc1. The molecular formula is C14H15NO5. The number of amides is 2. The quantitative estimate of drug-likeness (QED) is 0.835. The summed E-state index contributed by atoms with van der Waals surface area (Å²) in [4.78, 5) is 35.1. The minimum atomic E-state index is -0.861. The molecule has 1 unspecified atom stereocenters. The average Bonchev–Trinajstić information content (AvgIpc) is 2.38. The van der Waals surface area contributed by atoms with Gasteiger partial charge in [0.2, 0.25) is 0 Å². The lowest BCUT2D eigenvalue weighted by Gasteiger charge is -2.25. The number of nitrogens with zero attached hydrogens (tertiary/aromatic N) is 1. The minimum absolute atomic E-state index is 0.0365. The second-order valence-corrected chi connectivity index (χ2v) is 4.71. The van der Waals surface area contributed by atoms with Crippen LogP contribution in [0.5, 0.6) is 0 Å². The van der Waals surface area contributed by atoms with E-state index >= 15 is 0 Å². The van der Waals surface area contributed by atoms with E-state index in [0.29, 0.717) is 5.69 Å². The maximum Gasteiger partial charge on any atom is 0.303 e. The highest BCUT2D eigenvalue weighted by atomic mass is 16.5. The lowest BCUT2D eigenvalue weighted by atomic mass is 9.97. The Hall–Kier alpha value is -2.21.